The number of anilines is 1. The summed E-state index contributed by atoms with van der Waals surface area (Å²) in [5.74, 6) is 0.115. The maximum Gasteiger partial charge on any atom is 0.325 e. The Hall–Kier alpha value is -4.68. The fraction of sp³-hybridized carbons (Fsp3) is 0.308. The van der Waals surface area contributed by atoms with Gasteiger partial charge in [0.25, 0.3) is 0 Å². The molecule has 4 aromatic rings. The van der Waals surface area contributed by atoms with Crippen molar-refractivity contribution in [3.63, 3.8) is 0 Å². The van der Waals surface area contributed by atoms with Crippen molar-refractivity contribution in [3.8, 4) is 11.1 Å². The van der Waals surface area contributed by atoms with E-state index in [-0.39, 0.29) is 50.3 Å². The highest BCUT2D eigenvalue weighted by molar-refractivity contribution is 7.99. The lowest BCUT2D eigenvalue weighted by Crippen LogP contribution is -2.38. The first-order valence-electron chi connectivity index (χ1n) is 16.6. The van der Waals surface area contributed by atoms with Crippen molar-refractivity contribution in [2.24, 2.45) is 5.92 Å². The van der Waals surface area contributed by atoms with Crippen molar-refractivity contribution in [1.29, 1.82) is 0 Å². The molecule has 50 heavy (non-hydrogen) atoms. The molecule has 1 saturated heterocycles. The monoisotopic (exact) mass is 697 g/mol. The summed E-state index contributed by atoms with van der Waals surface area (Å²) in [4.78, 5) is 36.2. The summed E-state index contributed by atoms with van der Waals surface area (Å²) in [6.07, 6.45) is -1.03. The van der Waals surface area contributed by atoms with Gasteiger partial charge in [-0.05, 0) is 71.1 Å². The summed E-state index contributed by atoms with van der Waals surface area (Å²) in [5.41, 5.74) is 6.31. The maximum absolute atomic E-state index is 12.2. The van der Waals surface area contributed by atoms with Crippen molar-refractivity contribution in [2.45, 2.75) is 57.3 Å². The van der Waals surface area contributed by atoms with E-state index in [2.05, 4.69) is 28.9 Å². The van der Waals surface area contributed by atoms with Crippen molar-refractivity contribution in [1.82, 2.24) is 10.6 Å². The van der Waals surface area contributed by atoms with Crippen LogP contribution in [-0.4, -0.2) is 48.0 Å². The first-order chi connectivity index (χ1) is 24.2. The Labute approximate surface area is 296 Å². The number of urea groups is 1. The third-order valence-corrected chi connectivity index (χ3v) is 9.38. The number of nitrogens with one attached hydrogen (secondary N) is 3. The molecule has 0 aromatic heterocycles. The molecule has 1 aliphatic heterocycles. The number of aliphatic hydroxyl groups excluding tert-OH is 1. The van der Waals surface area contributed by atoms with Gasteiger partial charge in [0.15, 0.2) is 6.29 Å². The number of rotatable bonds is 13. The maximum atomic E-state index is 12.2. The van der Waals surface area contributed by atoms with Crippen molar-refractivity contribution >= 4 is 35.4 Å². The number of hydrogen-bond donors (Lipinski definition) is 4. The average Bonchev–Trinajstić information content (AvgIpc) is 3.13. The molecule has 1 fully saturated rings. The molecule has 3 amide bonds. The molecule has 1 heterocycles. The molecule has 0 aliphatic carbocycles. The van der Waals surface area contributed by atoms with E-state index in [0.717, 1.165) is 44.0 Å². The predicted octanol–water partition coefficient (Wildman–Crippen LogP) is 6.75. The van der Waals surface area contributed by atoms with Crippen LogP contribution in [0.15, 0.2) is 102 Å². The minimum absolute atomic E-state index is 0.0271. The van der Waals surface area contributed by atoms with E-state index in [1.165, 1.54) is 6.92 Å². The van der Waals surface area contributed by atoms with Gasteiger partial charge >= 0.3 is 12.0 Å². The van der Waals surface area contributed by atoms with Crippen molar-refractivity contribution in [3.05, 3.63) is 119 Å². The number of hydrogen-bond acceptors (Lipinski definition) is 8. The summed E-state index contributed by atoms with van der Waals surface area (Å²) in [6.45, 7) is 5.65. The lowest BCUT2D eigenvalue weighted by Gasteiger charge is -2.41. The van der Waals surface area contributed by atoms with Gasteiger partial charge < -0.3 is 35.3 Å². The summed E-state index contributed by atoms with van der Waals surface area (Å²) < 4.78 is 18.2. The molecule has 4 N–H and O–H groups in total. The second-order valence-electron chi connectivity index (χ2n) is 12.0. The highest BCUT2D eigenvalue weighted by Gasteiger charge is 2.38. The third kappa shape index (κ3) is 10.2. The normalized spacial score (nSPS) is 18.6. The SMILES string of the molecule is CCOC(=O)CNC(=O)NCc1cccc(-c2cccc([C@H]3O[C@@H](CSc4ccc(NC(C)=O)cc4)[C@@H](C)[C@@H](c4ccc(CO)cc4)O3)c2)c1. The van der Waals surface area contributed by atoms with E-state index in [0.29, 0.717) is 5.75 Å². The highest BCUT2D eigenvalue weighted by atomic mass is 32.2. The molecule has 11 heteroatoms. The largest absolute Gasteiger partial charge is 0.465 e. The molecule has 0 radical (unpaired) electrons. The fourth-order valence-corrected chi connectivity index (χ4v) is 6.73. The van der Waals surface area contributed by atoms with Gasteiger partial charge in [-0.15, -0.1) is 11.8 Å². The van der Waals surface area contributed by atoms with Crippen LogP contribution in [0.5, 0.6) is 0 Å². The van der Waals surface area contributed by atoms with Crippen LogP contribution in [0.4, 0.5) is 10.5 Å². The minimum atomic E-state index is -0.630. The minimum Gasteiger partial charge on any atom is -0.465 e. The Morgan fingerprint density at radius 2 is 1.56 bits per heavy atom. The summed E-state index contributed by atoms with van der Waals surface area (Å²) in [5, 5.41) is 17.7. The van der Waals surface area contributed by atoms with E-state index in [1.807, 2.05) is 91.0 Å². The number of benzene rings is 4. The van der Waals surface area contributed by atoms with Crippen LogP contribution in [-0.2, 0) is 37.0 Å². The van der Waals surface area contributed by atoms with Crippen LogP contribution in [0, 0.1) is 5.92 Å². The van der Waals surface area contributed by atoms with Crippen LogP contribution >= 0.6 is 11.8 Å². The Balaban J connectivity index is 1.31. The molecule has 10 nitrogen and oxygen atoms in total. The Kier molecular flexibility index (Phi) is 13.0. The number of carbonyl (C=O) groups is 3. The molecule has 1 aliphatic rings. The molecule has 0 unspecified atom stereocenters. The van der Waals surface area contributed by atoms with E-state index in [4.69, 9.17) is 14.2 Å². The fourth-order valence-electron chi connectivity index (χ4n) is 5.66. The standard InChI is InChI=1S/C39H43N3O7S/c1-4-47-36(45)22-41-39(46)40-21-28-7-5-8-30(19-28)31-9-6-10-32(20-31)38-48-35(24-50-34-17-15-33(16-18-34)42-26(3)44)25(2)37(49-38)29-13-11-27(23-43)12-14-29/h5-20,25,35,37-38,43H,4,21-24H2,1-3H3,(H,42,44)(H2,40,41,46)/t25-,35+,37+,38+/m1/s1. The van der Waals surface area contributed by atoms with E-state index in [1.54, 1.807) is 18.7 Å². The highest BCUT2D eigenvalue weighted by Crippen LogP contribution is 2.43. The first kappa shape index (κ1) is 36.6. The number of ether oxygens (including phenoxy) is 3. The topological polar surface area (TPSA) is 135 Å². The Morgan fingerprint density at radius 3 is 2.26 bits per heavy atom. The second kappa shape index (κ2) is 17.8. The third-order valence-electron chi connectivity index (χ3n) is 8.28. The number of thioether (sulfide) groups is 1. The van der Waals surface area contributed by atoms with Crippen LogP contribution in [0.1, 0.15) is 55.4 Å². The smallest absolute Gasteiger partial charge is 0.325 e. The lowest BCUT2D eigenvalue weighted by molar-refractivity contribution is -0.268. The van der Waals surface area contributed by atoms with Gasteiger partial charge in [-0.25, -0.2) is 4.79 Å². The summed E-state index contributed by atoms with van der Waals surface area (Å²) >= 11 is 1.69. The average molecular weight is 698 g/mol. The van der Waals surface area contributed by atoms with Gasteiger partial charge in [0.1, 0.15) is 6.54 Å². The van der Waals surface area contributed by atoms with Gasteiger partial charge in [-0.1, -0.05) is 67.6 Å². The second-order valence-corrected chi connectivity index (χ2v) is 13.1. The summed E-state index contributed by atoms with van der Waals surface area (Å²) in [7, 11) is 0. The summed E-state index contributed by atoms with van der Waals surface area (Å²) in [6, 6.07) is 31.1. The molecular weight excluding hydrogens is 655 g/mol. The van der Waals surface area contributed by atoms with E-state index >= 15 is 0 Å². The molecule has 0 bridgehead atoms. The number of amides is 3. The zero-order valence-electron chi connectivity index (χ0n) is 28.4. The molecular formula is C39H43N3O7S. The molecule has 4 aromatic carbocycles. The van der Waals surface area contributed by atoms with Crippen molar-refractivity contribution in [2.75, 3.05) is 24.2 Å². The first-order valence-corrected chi connectivity index (χ1v) is 17.6. The number of aliphatic hydroxyl groups is 1. The van der Waals surface area contributed by atoms with Crippen LogP contribution in [0.3, 0.4) is 0 Å². The number of carbonyl (C=O) groups excluding carboxylic acids is 3. The van der Waals surface area contributed by atoms with Gasteiger partial charge in [-0.2, -0.15) is 0 Å². The molecule has 5 rings (SSSR count). The zero-order chi connectivity index (χ0) is 35.5. The van der Waals surface area contributed by atoms with Crippen molar-refractivity contribution < 1.29 is 33.7 Å². The Bertz CT molecular complexity index is 1750. The predicted molar refractivity (Wildman–Crippen MR) is 193 cm³/mol. The van der Waals surface area contributed by atoms with E-state index < -0.39 is 18.3 Å². The number of esters is 1. The van der Waals surface area contributed by atoms with Gasteiger partial charge in [0.2, 0.25) is 5.91 Å². The Morgan fingerprint density at radius 1 is 0.840 bits per heavy atom. The van der Waals surface area contributed by atoms with Crippen LogP contribution in [0.25, 0.3) is 11.1 Å². The molecule has 4 atom stereocenters. The van der Waals surface area contributed by atoms with Gasteiger partial charge in [0, 0.05) is 41.3 Å². The molecule has 262 valence electrons. The van der Waals surface area contributed by atoms with Crippen LogP contribution in [0.2, 0.25) is 0 Å². The lowest BCUT2D eigenvalue weighted by atomic mass is 9.91. The van der Waals surface area contributed by atoms with Gasteiger partial charge in [0.05, 0.1) is 25.4 Å². The molecule has 0 spiro atoms. The molecule has 0 saturated carbocycles. The van der Waals surface area contributed by atoms with Gasteiger partial charge in [-0.3, -0.25) is 9.59 Å². The van der Waals surface area contributed by atoms with E-state index in [9.17, 15) is 19.5 Å². The quantitative estimate of drug-likeness (QED) is 0.0891. The van der Waals surface area contributed by atoms with Crippen LogP contribution < -0.4 is 16.0 Å². The zero-order valence-corrected chi connectivity index (χ0v) is 29.2.